The summed E-state index contributed by atoms with van der Waals surface area (Å²) in [6.45, 7) is 1.92. The Labute approximate surface area is 148 Å². The highest BCUT2D eigenvalue weighted by atomic mass is 32.2. The Hall–Kier alpha value is -2.38. The minimum atomic E-state index is -3.78. The molecule has 0 bridgehead atoms. The van der Waals surface area contributed by atoms with Crippen LogP contribution in [-0.2, 0) is 14.8 Å². The lowest BCUT2D eigenvalue weighted by molar-refractivity contribution is -0.121. The Kier molecular flexibility index (Phi) is 6.55. The fraction of sp³-hybridized carbons (Fsp3) is 0.278. The number of carbonyl (C=O) groups excluding carboxylic acids is 1. The highest BCUT2D eigenvalue weighted by Crippen LogP contribution is 2.24. The maximum atomic E-state index is 13.0. The number of nitrogens with one attached hydrogen (secondary N) is 1. The van der Waals surface area contributed by atoms with E-state index >= 15 is 0 Å². The first kappa shape index (κ1) is 19.0. The molecular formula is C18H22N2O4S. The number of aliphatic hydroxyl groups is 1. The molecule has 0 saturated heterocycles. The SMILES string of the molecule is Cc1ccc(N(CCC(=O)NCCO)S(=O)(=O)c2ccccc2)cc1. The fourth-order valence-corrected chi connectivity index (χ4v) is 3.79. The first-order valence-electron chi connectivity index (χ1n) is 7.97. The smallest absolute Gasteiger partial charge is 0.264 e. The molecule has 0 aliphatic rings. The Bertz CT molecular complexity index is 790. The lowest BCUT2D eigenvalue weighted by Gasteiger charge is -2.24. The van der Waals surface area contributed by atoms with Crippen molar-refractivity contribution in [2.45, 2.75) is 18.2 Å². The van der Waals surface area contributed by atoms with E-state index in [0.717, 1.165) is 5.56 Å². The number of nitrogens with zero attached hydrogens (tertiary/aromatic N) is 1. The van der Waals surface area contributed by atoms with Crippen LogP contribution in [0.25, 0.3) is 0 Å². The number of anilines is 1. The molecule has 2 aromatic rings. The van der Waals surface area contributed by atoms with E-state index in [4.69, 9.17) is 5.11 Å². The van der Waals surface area contributed by atoms with Gasteiger partial charge >= 0.3 is 0 Å². The van der Waals surface area contributed by atoms with E-state index in [-0.39, 0.29) is 36.9 Å². The number of rotatable bonds is 8. The summed E-state index contributed by atoms with van der Waals surface area (Å²) in [6, 6.07) is 15.2. The van der Waals surface area contributed by atoms with Crippen LogP contribution in [-0.4, -0.2) is 39.1 Å². The van der Waals surface area contributed by atoms with E-state index in [1.54, 1.807) is 30.3 Å². The minimum Gasteiger partial charge on any atom is -0.395 e. The van der Waals surface area contributed by atoms with Gasteiger partial charge in [0.2, 0.25) is 5.91 Å². The van der Waals surface area contributed by atoms with E-state index in [2.05, 4.69) is 5.32 Å². The summed E-state index contributed by atoms with van der Waals surface area (Å²) < 4.78 is 27.2. The van der Waals surface area contributed by atoms with Crippen molar-refractivity contribution in [2.24, 2.45) is 0 Å². The second-order valence-electron chi connectivity index (χ2n) is 5.55. The molecule has 25 heavy (non-hydrogen) atoms. The lowest BCUT2D eigenvalue weighted by Crippen LogP contribution is -2.36. The molecule has 7 heteroatoms. The first-order valence-corrected chi connectivity index (χ1v) is 9.41. The molecule has 2 N–H and O–H groups in total. The number of carbonyl (C=O) groups is 1. The van der Waals surface area contributed by atoms with Gasteiger partial charge in [-0.25, -0.2) is 8.42 Å². The van der Waals surface area contributed by atoms with Crippen molar-refractivity contribution in [3.63, 3.8) is 0 Å². The number of aryl methyl sites for hydroxylation is 1. The molecule has 2 rings (SSSR count). The van der Waals surface area contributed by atoms with Crippen LogP contribution in [0.1, 0.15) is 12.0 Å². The number of hydrogen-bond donors (Lipinski definition) is 2. The van der Waals surface area contributed by atoms with Gasteiger partial charge in [-0.1, -0.05) is 35.9 Å². The van der Waals surface area contributed by atoms with Crippen LogP contribution >= 0.6 is 0 Å². The average Bonchev–Trinajstić information content (AvgIpc) is 2.62. The molecule has 2 aromatic carbocycles. The fourth-order valence-electron chi connectivity index (χ4n) is 2.31. The van der Waals surface area contributed by atoms with E-state index in [1.807, 2.05) is 19.1 Å². The van der Waals surface area contributed by atoms with Crippen LogP contribution in [0.3, 0.4) is 0 Å². The molecule has 0 aromatic heterocycles. The molecule has 0 radical (unpaired) electrons. The third-order valence-electron chi connectivity index (χ3n) is 3.63. The van der Waals surface area contributed by atoms with Crippen molar-refractivity contribution in [2.75, 3.05) is 24.0 Å². The van der Waals surface area contributed by atoms with Crippen molar-refractivity contribution >= 4 is 21.6 Å². The molecule has 1 amide bonds. The Balaban J connectivity index is 2.29. The molecule has 0 saturated carbocycles. The van der Waals surface area contributed by atoms with Gasteiger partial charge in [-0.2, -0.15) is 0 Å². The van der Waals surface area contributed by atoms with Crippen LogP contribution in [0.2, 0.25) is 0 Å². The largest absolute Gasteiger partial charge is 0.395 e. The van der Waals surface area contributed by atoms with Crippen LogP contribution in [0.15, 0.2) is 59.5 Å². The van der Waals surface area contributed by atoms with Crippen LogP contribution in [0, 0.1) is 6.92 Å². The molecule has 0 atom stereocenters. The summed E-state index contributed by atoms with van der Waals surface area (Å²) in [4.78, 5) is 12.0. The van der Waals surface area contributed by atoms with Crippen LogP contribution in [0.5, 0.6) is 0 Å². The summed E-state index contributed by atoms with van der Waals surface area (Å²) in [7, 11) is -3.78. The van der Waals surface area contributed by atoms with Gasteiger partial charge < -0.3 is 10.4 Å². The third kappa shape index (κ3) is 5.04. The summed E-state index contributed by atoms with van der Waals surface area (Å²) in [5, 5.41) is 11.3. The van der Waals surface area contributed by atoms with Gasteiger partial charge in [0.1, 0.15) is 0 Å². The number of amides is 1. The zero-order valence-electron chi connectivity index (χ0n) is 14.1. The Morgan fingerprint density at radius 2 is 1.72 bits per heavy atom. The number of aliphatic hydroxyl groups excluding tert-OH is 1. The van der Waals surface area contributed by atoms with Gasteiger partial charge in [0.05, 0.1) is 17.2 Å². The van der Waals surface area contributed by atoms with Gasteiger partial charge in [-0.3, -0.25) is 9.10 Å². The van der Waals surface area contributed by atoms with Gasteiger partial charge in [0, 0.05) is 19.5 Å². The quantitative estimate of drug-likeness (QED) is 0.748. The lowest BCUT2D eigenvalue weighted by atomic mass is 10.2. The summed E-state index contributed by atoms with van der Waals surface area (Å²) in [6.07, 6.45) is -0.0000595. The van der Waals surface area contributed by atoms with Gasteiger partial charge in [0.15, 0.2) is 0 Å². The van der Waals surface area contributed by atoms with Crippen molar-refractivity contribution in [3.05, 3.63) is 60.2 Å². The molecule has 0 spiro atoms. The number of hydrogen-bond acceptors (Lipinski definition) is 4. The molecule has 6 nitrogen and oxygen atoms in total. The second-order valence-corrected chi connectivity index (χ2v) is 7.41. The van der Waals surface area contributed by atoms with Crippen molar-refractivity contribution in [3.8, 4) is 0 Å². The van der Waals surface area contributed by atoms with E-state index in [9.17, 15) is 13.2 Å². The predicted octanol–water partition coefficient (Wildman–Crippen LogP) is 1.69. The van der Waals surface area contributed by atoms with Crippen molar-refractivity contribution < 1.29 is 18.3 Å². The topological polar surface area (TPSA) is 86.7 Å². The zero-order valence-corrected chi connectivity index (χ0v) is 14.9. The molecule has 0 fully saturated rings. The predicted molar refractivity (Wildman–Crippen MR) is 96.9 cm³/mol. The maximum absolute atomic E-state index is 13.0. The van der Waals surface area contributed by atoms with Gasteiger partial charge in [0.25, 0.3) is 10.0 Å². The van der Waals surface area contributed by atoms with E-state index in [1.165, 1.54) is 16.4 Å². The molecular weight excluding hydrogens is 340 g/mol. The Morgan fingerprint density at radius 1 is 1.08 bits per heavy atom. The molecule has 0 aliphatic heterocycles. The number of sulfonamides is 1. The summed E-state index contributed by atoms with van der Waals surface area (Å²) in [5.41, 5.74) is 1.52. The molecule has 0 unspecified atom stereocenters. The van der Waals surface area contributed by atoms with Crippen LogP contribution in [0.4, 0.5) is 5.69 Å². The van der Waals surface area contributed by atoms with Crippen LogP contribution < -0.4 is 9.62 Å². The standard InChI is InChI=1S/C18H22N2O4S/c1-15-7-9-16(10-8-15)20(13-11-18(22)19-12-14-21)25(23,24)17-5-3-2-4-6-17/h2-10,21H,11-14H2,1H3,(H,19,22). The third-order valence-corrected chi connectivity index (χ3v) is 5.47. The zero-order chi connectivity index (χ0) is 18.3. The monoisotopic (exact) mass is 362 g/mol. The van der Waals surface area contributed by atoms with Gasteiger partial charge in [-0.05, 0) is 31.2 Å². The van der Waals surface area contributed by atoms with Crippen molar-refractivity contribution in [1.82, 2.24) is 5.32 Å². The van der Waals surface area contributed by atoms with Gasteiger partial charge in [-0.15, -0.1) is 0 Å². The highest BCUT2D eigenvalue weighted by molar-refractivity contribution is 7.92. The highest BCUT2D eigenvalue weighted by Gasteiger charge is 2.25. The molecule has 0 aliphatic carbocycles. The minimum absolute atomic E-state index is 0.0000595. The first-order chi connectivity index (χ1) is 11.9. The maximum Gasteiger partial charge on any atom is 0.264 e. The normalized spacial score (nSPS) is 11.1. The number of benzene rings is 2. The summed E-state index contributed by atoms with van der Waals surface area (Å²) in [5.74, 6) is -0.311. The average molecular weight is 362 g/mol. The summed E-state index contributed by atoms with van der Waals surface area (Å²) >= 11 is 0. The Morgan fingerprint density at radius 3 is 2.32 bits per heavy atom. The van der Waals surface area contributed by atoms with Crippen molar-refractivity contribution in [1.29, 1.82) is 0 Å². The van der Waals surface area contributed by atoms with E-state index < -0.39 is 10.0 Å². The molecule has 134 valence electrons. The molecule has 0 heterocycles. The second kappa shape index (κ2) is 8.64. The van der Waals surface area contributed by atoms with E-state index in [0.29, 0.717) is 5.69 Å².